The van der Waals surface area contributed by atoms with Gasteiger partial charge in [0.25, 0.3) is 0 Å². The molecule has 126 valence electrons. The van der Waals surface area contributed by atoms with E-state index in [9.17, 15) is 0 Å². The molecular weight excluding hydrogens is 401 g/mol. The van der Waals surface area contributed by atoms with E-state index in [2.05, 4.69) is 68.6 Å². The summed E-state index contributed by atoms with van der Waals surface area (Å²) in [5.41, 5.74) is 3.46. The highest BCUT2D eigenvalue weighted by atomic mass is 32.2. The maximum absolute atomic E-state index is 4.75. The Hall–Kier alpha value is -0.590. The summed E-state index contributed by atoms with van der Waals surface area (Å²) in [6.07, 6.45) is 0. The molecule has 0 saturated carbocycles. The van der Waals surface area contributed by atoms with Crippen molar-refractivity contribution in [2.45, 2.75) is 41.7 Å². The van der Waals surface area contributed by atoms with Crippen molar-refractivity contribution in [3.63, 3.8) is 0 Å². The first kappa shape index (κ1) is 17.8. The number of fused-ring (bicyclic) bond motifs is 2. The van der Waals surface area contributed by atoms with Gasteiger partial charge in [-0.3, -0.25) is 0 Å². The zero-order chi connectivity index (χ0) is 17.8. The molecule has 1 heterocycles. The minimum atomic E-state index is -0.283. The van der Waals surface area contributed by atoms with Gasteiger partial charge in [-0.15, -0.1) is 50.5 Å². The Morgan fingerprint density at radius 1 is 0.680 bits per heavy atom. The third-order valence-electron chi connectivity index (χ3n) is 4.85. The van der Waals surface area contributed by atoms with Crippen molar-refractivity contribution in [1.82, 2.24) is 0 Å². The third kappa shape index (κ3) is 2.67. The Kier molecular flexibility index (Phi) is 4.66. The van der Waals surface area contributed by atoms with Crippen LogP contribution in [0.4, 0.5) is 0 Å². The highest BCUT2D eigenvalue weighted by molar-refractivity contribution is 8.00. The Balaban J connectivity index is 2.12. The lowest BCUT2D eigenvalue weighted by atomic mass is 9.70. The summed E-state index contributed by atoms with van der Waals surface area (Å²) in [6, 6.07) is 19.0. The predicted molar refractivity (Wildman–Crippen MR) is 118 cm³/mol. The van der Waals surface area contributed by atoms with E-state index in [1.165, 1.54) is 16.7 Å². The van der Waals surface area contributed by atoms with Gasteiger partial charge < -0.3 is 0 Å². The van der Waals surface area contributed by atoms with Crippen LogP contribution in [0.25, 0.3) is 0 Å². The molecule has 0 atom stereocenters. The molecule has 0 amide bonds. The van der Waals surface area contributed by atoms with Crippen molar-refractivity contribution >= 4 is 62.3 Å². The molecule has 0 aromatic heterocycles. The predicted octanol–water partition coefficient (Wildman–Crippen LogP) is 6.66. The van der Waals surface area contributed by atoms with Crippen molar-refractivity contribution < 1.29 is 0 Å². The number of hydrogen-bond donors (Lipinski definition) is 4. The van der Waals surface area contributed by atoms with E-state index in [0.717, 1.165) is 29.4 Å². The van der Waals surface area contributed by atoms with Crippen molar-refractivity contribution in [3.05, 3.63) is 71.3 Å². The van der Waals surface area contributed by atoms with E-state index >= 15 is 0 Å². The van der Waals surface area contributed by atoms with Gasteiger partial charge in [-0.2, -0.15) is 0 Å². The van der Waals surface area contributed by atoms with Gasteiger partial charge in [-0.1, -0.05) is 54.2 Å². The molecule has 0 unspecified atom stereocenters. The Morgan fingerprint density at radius 3 is 1.64 bits per heavy atom. The average Bonchev–Trinajstić information content (AvgIpc) is 2.63. The molecule has 3 aromatic carbocycles. The van der Waals surface area contributed by atoms with Crippen LogP contribution in [0.5, 0.6) is 0 Å². The highest BCUT2D eigenvalue weighted by Gasteiger charge is 2.40. The summed E-state index contributed by atoms with van der Waals surface area (Å²) in [6.45, 7) is 2.27. The Labute approximate surface area is 174 Å². The lowest BCUT2D eigenvalue weighted by Crippen LogP contribution is -2.29. The van der Waals surface area contributed by atoms with Gasteiger partial charge >= 0.3 is 0 Å². The zero-order valence-corrected chi connectivity index (χ0v) is 17.8. The van der Waals surface area contributed by atoms with Crippen LogP contribution in [-0.2, 0) is 5.41 Å². The van der Waals surface area contributed by atoms with Crippen LogP contribution in [0.2, 0.25) is 0 Å². The molecule has 0 saturated heterocycles. The summed E-state index contributed by atoms with van der Waals surface area (Å²) in [7, 11) is 0. The molecule has 1 aliphatic heterocycles. The maximum Gasteiger partial charge on any atom is 0.0446 e. The van der Waals surface area contributed by atoms with E-state index in [-0.39, 0.29) is 5.41 Å². The van der Waals surface area contributed by atoms with Crippen LogP contribution in [0.15, 0.2) is 84.0 Å². The number of thiol groups is 4. The lowest BCUT2D eigenvalue weighted by Gasteiger charge is -2.39. The summed E-state index contributed by atoms with van der Waals surface area (Å²) < 4.78 is 0. The first-order valence-electron chi connectivity index (χ1n) is 7.78. The van der Waals surface area contributed by atoms with Gasteiger partial charge in [-0.05, 0) is 35.7 Å². The number of hydrogen-bond acceptors (Lipinski definition) is 5. The standard InChI is InChI=1S/C20H16S5/c1-20(11-5-3-2-4-6-11)12-7-9-14(21)16(23)18(12)25-19-13(20)8-10-15(22)17(19)24/h2-10,21-24H,1H3. The zero-order valence-electron chi connectivity index (χ0n) is 13.4. The van der Waals surface area contributed by atoms with Gasteiger partial charge in [0.1, 0.15) is 0 Å². The molecule has 0 aliphatic carbocycles. The number of benzene rings is 3. The SMILES string of the molecule is CC1(c2ccccc2)c2ccc(S)c(S)c2Sc2c1ccc(S)c2S. The monoisotopic (exact) mass is 416 g/mol. The summed E-state index contributed by atoms with van der Waals surface area (Å²) >= 11 is 20.3. The Morgan fingerprint density at radius 2 is 1.16 bits per heavy atom. The van der Waals surface area contributed by atoms with Crippen molar-refractivity contribution in [3.8, 4) is 0 Å². The first-order valence-corrected chi connectivity index (χ1v) is 10.4. The van der Waals surface area contributed by atoms with Crippen LogP contribution in [0, 0.1) is 0 Å². The fourth-order valence-corrected chi connectivity index (χ4v) is 6.01. The van der Waals surface area contributed by atoms with Crippen molar-refractivity contribution in [1.29, 1.82) is 0 Å². The quantitative estimate of drug-likeness (QED) is 0.322. The van der Waals surface area contributed by atoms with E-state index in [1.807, 2.05) is 18.2 Å². The Bertz CT molecular complexity index is 922. The van der Waals surface area contributed by atoms with Crippen molar-refractivity contribution in [2.75, 3.05) is 0 Å². The van der Waals surface area contributed by atoms with Crippen LogP contribution >= 0.6 is 62.3 Å². The van der Waals surface area contributed by atoms with Gasteiger partial charge in [0, 0.05) is 34.8 Å². The minimum absolute atomic E-state index is 0.283. The molecular formula is C20H16S5. The van der Waals surface area contributed by atoms with E-state index in [1.54, 1.807) is 11.8 Å². The normalized spacial score (nSPS) is 14.8. The summed E-state index contributed by atoms with van der Waals surface area (Å²) in [5, 5.41) is 0. The largest absolute Gasteiger partial charge is 0.142 e. The van der Waals surface area contributed by atoms with E-state index in [0.29, 0.717) is 0 Å². The molecule has 25 heavy (non-hydrogen) atoms. The second-order valence-electron chi connectivity index (χ2n) is 6.21. The highest BCUT2D eigenvalue weighted by Crippen LogP contribution is 2.56. The van der Waals surface area contributed by atoms with Gasteiger partial charge in [0.05, 0.1) is 0 Å². The van der Waals surface area contributed by atoms with Crippen LogP contribution in [0.3, 0.4) is 0 Å². The topological polar surface area (TPSA) is 0 Å². The molecule has 3 aromatic rings. The van der Waals surface area contributed by atoms with E-state index < -0.39 is 0 Å². The molecule has 0 nitrogen and oxygen atoms in total. The molecule has 0 N–H and O–H groups in total. The average molecular weight is 417 g/mol. The van der Waals surface area contributed by atoms with Crippen LogP contribution in [-0.4, -0.2) is 0 Å². The lowest BCUT2D eigenvalue weighted by molar-refractivity contribution is 0.638. The molecule has 0 radical (unpaired) electrons. The molecule has 5 heteroatoms. The molecule has 4 rings (SSSR count). The smallest absolute Gasteiger partial charge is 0.0446 e. The molecule has 0 fully saturated rings. The fraction of sp³-hybridized carbons (Fsp3) is 0.100. The minimum Gasteiger partial charge on any atom is -0.142 e. The molecule has 0 spiro atoms. The van der Waals surface area contributed by atoms with Gasteiger partial charge in [0.15, 0.2) is 0 Å². The summed E-state index contributed by atoms with van der Waals surface area (Å²) in [5.74, 6) is 0. The molecule has 0 bridgehead atoms. The number of rotatable bonds is 1. The van der Waals surface area contributed by atoms with Crippen molar-refractivity contribution in [2.24, 2.45) is 0 Å². The second kappa shape index (κ2) is 6.54. The first-order chi connectivity index (χ1) is 11.9. The maximum atomic E-state index is 4.75. The third-order valence-corrected chi connectivity index (χ3v) is 8.44. The van der Waals surface area contributed by atoms with Crippen LogP contribution in [0.1, 0.15) is 23.6 Å². The second-order valence-corrected chi connectivity index (χ2v) is 9.09. The van der Waals surface area contributed by atoms with Gasteiger partial charge in [0.2, 0.25) is 0 Å². The molecule has 1 aliphatic rings. The van der Waals surface area contributed by atoms with E-state index in [4.69, 9.17) is 25.3 Å². The van der Waals surface area contributed by atoms with Gasteiger partial charge in [-0.25, -0.2) is 0 Å². The van der Waals surface area contributed by atoms with Crippen LogP contribution < -0.4 is 0 Å². The summed E-state index contributed by atoms with van der Waals surface area (Å²) in [4.78, 5) is 5.88. The fourth-order valence-electron chi connectivity index (χ4n) is 3.45.